The fourth-order valence-electron chi connectivity index (χ4n) is 2.34. The standard InChI is InChI=1S/C15H23NO/c1-10(2)12-4-6-13(7-5-12)11(3)16-14-8-15(17)9-14/h4-7,10-11,14-17H,8-9H2,1-3H3. The van der Waals surface area contributed by atoms with Gasteiger partial charge in [-0.05, 0) is 36.8 Å². The van der Waals surface area contributed by atoms with E-state index in [4.69, 9.17) is 0 Å². The van der Waals surface area contributed by atoms with E-state index in [0.29, 0.717) is 18.0 Å². The molecule has 0 radical (unpaired) electrons. The van der Waals surface area contributed by atoms with Crippen LogP contribution >= 0.6 is 0 Å². The lowest BCUT2D eigenvalue weighted by Gasteiger charge is -2.34. The first-order valence-corrected chi connectivity index (χ1v) is 6.60. The van der Waals surface area contributed by atoms with Gasteiger partial charge in [0, 0.05) is 12.1 Å². The molecule has 0 amide bonds. The molecule has 2 heteroatoms. The van der Waals surface area contributed by atoms with Crippen molar-refractivity contribution in [2.75, 3.05) is 0 Å². The molecule has 0 saturated heterocycles. The zero-order valence-corrected chi connectivity index (χ0v) is 11.0. The highest BCUT2D eigenvalue weighted by molar-refractivity contribution is 5.26. The second kappa shape index (κ2) is 5.19. The van der Waals surface area contributed by atoms with Crippen LogP contribution in [0.1, 0.15) is 56.7 Å². The van der Waals surface area contributed by atoms with Crippen molar-refractivity contribution in [2.24, 2.45) is 0 Å². The van der Waals surface area contributed by atoms with Crippen LogP contribution in [0.5, 0.6) is 0 Å². The maximum atomic E-state index is 9.26. The summed E-state index contributed by atoms with van der Waals surface area (Å²) in [6.07, 6.45) is 1.71. The molecule has 1 aromatic rings. The second-order valence-corrected chi connectivity index (χ2v) is 5.53. The van der Waals surface area contributed by atoms with E-state index in [-0.39, 0.29) is 6.10 Å². The summed E-state index contributed by atoms with van der Waals surface area (Å²) < 4.78 is 0. The molecule has 0 aliphatic heterocycles. The van der Waals surface area contributed by atoms with E-state index >= 15 is 0 Å². The Morgan fingerprint density at radius 3 is 2.06 bits per heavy atom. The number of aliphatic hydroxyl groups is 1. The summed E-state index contributed by atoms with van der Waals surface area (Å²) in [6.45, 7) is 6.62. The Labute approximate surface area is 104 Å². The third kappa shape index (κ3) is 3.08. The Balaban J connectivity index is 1.92. The first-order valence-electron chi connectivity index (χ1n) is 6.60. The molecule has 2 rings (SSSR count). The molecule has 2 N–H and O–H groups in total. The molecule has 0 aromatic heterocycles. The topological polar surface area (TPSA) is 32.3 Å². The highest BCUT2D eigenvalue weighted by Crippen LogP contribution is 2.24. The Morgan fingerprint density at radius 2 is 1.59 bits per heavy atom. The molecule has 0 heterocycles. The highest BCUT2D eigenvalue weighted by Gasteiger charge is 2.28. The van der Waals surface area contributed by atoms with E-state index in [1.54, 1.807) is 0 Å². The number of benzene rings is 1. The van der Waals surface area contributed by atoms with Crippen LogP contribution in [0.3, 0.4) is 0 Å². The smallest absolute Gasteiger partial charge is 0.0570 e. The minimum absolute atomic E-state index is 0.0805. The van der Waals surface area contributed by atoms with Gasteiger partial charge in [-0.3, -0.25) is 0 Å². The zero-order valence-electron chi connectivity index (χ0n) is 11.0. The predicted octanol–water partition coefficient (Wildman–Crippen LogP) is 2.98. The van der Waals surface area contributed by atoms with Gasteiger partial charge in [0.05, 0.1) is 6.10 Å². The van der Waals surface area contributed by atoms with Crippen molar-refractivity contribution in [1.29, 1.82) is 0 Å². The maximum Gasteiger partial charge on any atom is 0.0570 e. The van der Waals surface area contributed by atoms with Crippen molar-refractivity contribution in [3.8, 4) is 0 Å². The largest absolute Gasteiger partial charge is 0.393 e. The normalized spacial score (nSPS) is 25.7. The van der Waals surface area contributed by atoms with Crippen LogP contribution in [-0.2, 0) is 0 Å². The van der Waals surface area contributed by atoms with Crippen molar-refractivity contribution < 1.29 is 5.11 Å². The van der Waals surface area contributed by atoms with Crippen molar-refractivity contribution in [3.05, 3.63) is 35.4 Å². The van der Waals surface area contributed by atoms with Gasteiger partial charge in [-0.25, -0.2) is 0 Å². The van der Waals surface area contributed by atoms with E-state index in [0.717, 1.165) is 12.8 Å². The van der Waals surface area contributed by atoms with Crippen molar-refractivity contribution in [2.45, 2.75) is 57.7 Å². The lowest BCUT2D eigenvalue weighted by atomic mass is 9.88. The van der Waals surface area contributed by atoms with Crippen LogP contribution in [0, 0.1) is 0 Å². The van der Waals surface area contributed by atoms with E-state index in [1.807, 2.05) is 0 Å². The third-order valence-electron chi connectivity index (χ3n) is 3.70. The number of aliphatic hydroxyl groups excluding tert-OH is 1. The summed E-state index contributed by atoms with van der Waals surface area (Å²) in [4.78, 5) is 0. The molecule has 1 atom stereocenters. The molecule has 1 aliphatic rings. The van der Waals surface area contributed by atoms with Crippen LogP contribution in [0.25, 0.3) is 0 Å². The number of hydrogen-bond acceptors (Lipinski definition) is 2. The third-order valence-corrected chi connectivity index (χ3v) is 3.70. The van der Waals surface area contributed by atoms with Crippen molar-refractivity contribution in [3.63, 3.8) is 0 Å². The lowest BCUT2D eigenvalue weighted by Crippen LogP contribution is -2.45. The number of hydrogen-bond donors (Lipinski definition) is 2. The maximum absolute atomic E-state index is 9.26. The van der Waals surface area contributed by atoms with E-state index in [2.05, 4.69) is 50.4 Å². The number of nitrogens with one attached hydrogen (secondary N) is 1. The molecule has 1 saturated carbocycles. The van der Waals surface area contributed by atoms with Gasteiger partial charge in [-0.2, -0.15) is 0 Å². The van der Waals surface area contributed by atoms with Crippen LogP contribution in [0.15, 0.2) is 24.3 Å². The summed E-state index contributed by atoms with van der Waals surface area (Å²) in [5.74, 6) is 0.592. The summed E-state index contributed by atoms with van der Waals surface area (Å²) in [6, 6.07) is 9.71. The quantitative estimate of drug-likeness (QED) is 0.838. The first-order chi connectivity index (χ1) is 8.06. The van der Waals surface area contributed by atoms with Gasteiger partial charge in [0.2, 0.25) is 0 Å². The monoisotopic (exact) mass is 233 g/mol. The van der Waals surface area contributed by atoms with Gasteiger partial charge < -0.3 is 10.4 Å². The second-order valence-electron chi connectivity index (χ2n) is 5.53. The Morgan fingerprint density at radius 1 is 1.06 bits per heavy atom. The highest BCUT2D eigenvalue weighted by atomic mass is 16.3. The van der Waals surface area contributed by atoms with Gasteiger partial charge in [0.15, 0.2) is 0 Å². The van der Waals surface area contributed by atoms with Crippen LogP contribution in [0.2, 0.25) is 0 Å². The van der Waals surface area contributed by atoms with Gasteiger partial charge >= 0.3 is 0 Å². The SMILES string of the molecule is CC(C)c1ccc(C(C)NC2CC(O)C2)cc1. The van der Waals surface area contributed by atoms with Crippen molar-refractivity contribution in [1.82, 2.24) is 5.32 Å². The average molecular weight is 233 g/mol. The molecule has 0 spiro atoms. The minimum Gasteiger partial charge on any atom is -0.393 e. The lowest BCUT2D eigenvalue weighted by molar-refractivity contribution is 0.0586. The molecule has 0 bridgehead atoms. The zero-order chi connectivity index (χ0) is 12.4. The predicted molar refractivity (Wildman–Crippen MR) is 71.1 cm³/mol. The van der Waals surface area contributed by atoms with Crippen molar-refractivity contribution >= 4 is 0 Å². The van der Waals surface area contributed by atoms with Crippen LogP contribution < -0.4 is 5.32 Å². The van der Waals surface area contributed by atoms with Gasteiger partial charge in [0.1, 0.15) is 0 Å². The summed E-state index contributed by atoms with van der Waals surface area (Å²) in [5.41, 5.74) is 2.72. The molecule has 1 fully saturated rings. The fourth-order valence-corrected chi connectivity index (χ4v) is 2.34. The van der Waals surface area contributed by atoms with E-state index in [1.165, 1.54) is 11.1 Å². The minimum atomic E-state index is -0.0805. The number of rotatable bonds is 4. The summed E-state index contributed by atoms with van der Waals surface area (Å²) >= 11 is 0. The molecule has 2 nitrogen and oxygen atoms in total. The molecule has 94 valence electrons. The molecular weight excluding hydrogens is 210 g/mol. The van der Waals surface area contributed by atoms with Gasteiger partial charge in [-0.1, -0.05) is 38.1 Å². The first kappa shape index (κ1) is 12.6. The Kier molecular flexibility index (Phi) is 3.85. The molecule has 1 aromatic carbocycles. The summed E-state index contributed by atoms with van der Waals surface area (Å²) in [7, 11) is 0. The Bertz CT molecular complexity index is 352. The molecular formula is C15H23NO. The van der Waals surface area contributed by atoms with Crippen LogP contribution in [0.4, 0.5) is 0 Å². The fraction of sp³-hybridized carbons (Fsp3) is 0.600. The average Bonchev–Trinajstić information content (AvgIpc) is 2.27. The van der Waals surface area contributed by atoms with E-state index in [9.17, 15) is 5.11 Å². The molecule has 1 unspecified atom stereocenters. The Hall–Kier alpha value is -0.860. The molecule has 17 heavy (non-hydrogen) atoms. The van der Waals surface area contributed by atoms with Crippen LogP contribution in [-0.4, -0.2) is 17.3 Å². The molecule has 1 aliphatic carbocycles. The van der Waals surface area contributed by atoms with Gasteiger partial charge in [0.25, 0.3) is 0 Å². The summed E-state index contributed by atoms with van der Waals surface area (Å²) in [5, 5.41) is 12.8. The van der Waals surface area contributed by atoms with Gasteiger partial charge in [-0.15, -0.1) is 0 Å². The van der Waals surface area contributed by atoms with E-state index < -0.39 is 0 Å².